The lowest BCUT2D eigenvalue weighted by Gasteiger charge is -2.12. The van der Waals surface area contributed by atoms with Crippen LogP contribution in [0.5, 0.6) is 0 Å². The summed E-state index contributed by atoms with van der Waals surface area (Å²) in [4.78, 5) is 23.5. The normalized spacial score (nSPS) is 11.2. The van der Waals surface area contributed by atoms with Crippen molar-refractivity contribution in [1.82, 2.24) is 4.98 Å². The van der Waals surface area contributed by atoms with Crippen molar-refractivity contribution < 1.29 is 23.0 Å². The van der Waals surface area contributed by atoms with Gasteiger partial charge in [0.1, 0.15) is 11.5 Å². The van der Waals surface area contributed by atoms with Crippen LogP contribution in [0.15, 0.2) is 24.4 Å². The van der Waals surface area contributed by atoms with E-state index in [9.17, 15) is 33.4 Å². The third-order valence-electron chi connectivity index (χ3n) is 2.87. The van der Waals surface area contributed by atoms with E-state index in [4.69, 9.17) is 23.2 Å². The SMILES string of the molecule is O=[N+]([O-])c1cc(Cl)c(Nc2ncc(C(F)(F)F)cc2Cl)c([N+](=O)[O-])c1. The monoisotopic (exact) mass is 396 g/mol. The molecule has 2 aromatic rings. The summed E-state index contributed by atoms with van der Waals surface area (Å²) >= 11 is 11.5. The van der Waals surface area contributed by atoms with E-state index in [0.717, 1.165) is 6.07 Å². The van der Waals surface area contributed by atoms with E-state index in [2.05, 4.69) is 10.3 Å². The minimum absolute atomic E-state index is 0.339. The summed E-state index contributed by atoms with van der Waals surface area (Å²) < 4.78 is 37.8. The van der Waals surface area contributed by atoms with Gasteiger partial charge in [-0.05, 0) is 6.07 Å². The van der Waals surface area contributed by atoms with E-state index in [1.807, 2.05) is 0 Å². The highest BCUT2D eigenvalue weighted by Crippen LogP contribution is 2.40. The summed E-state index contributed by atoms with van der Waals surface area (Å²) in [7, 11) is 0. The molecule has 0 aliphatic carbocycles. The summed E-state index contributed by atoms with van der Waals surface area (Å²) in [5.41, 5.74) is -2.91. The predicted molar refractivity (Wildman–Crippen MR) is 82.3 cm³/mol. The Balaban J connectivity index is 2.50. The molecule has 0 aliphatic rings. The van der Waals surface area contributed by atoms with Gasteiger partial charge in [0.2, 0.25) is 0 Å². The van der Waals surface area contributed by atoms with Crippen molar-refractivity contribution in [2.45, 2.75) is 6.18 Å². The van der Waals surface area contributed by atoms with Gasteiger partial charge in [-0.25, -0.2) is 4.98 Å². The Morgan fingerprint density at radius 1 is 1.04 bits per heavy atom. The zero-order valence-electron chi connectivity index (χ0n) is 11.7. The fourth-order valence-electron chi connectivity index (χ4n) is 1.75. The molecule has 1 aromatic heterocycles. The molecular formula is C12H5Cl2F3N4O4. The van der Waals surface area contributed by atoms with E-state index in [-0.39, 0.29) is 5.82 Å². The second kappa shape index (κ2) is 6.69. The smallest absolute Gasteiger partial charge is 0.332 e. The van der Waals surface area contributed by atoms with E-state index < -0.39 is 48.7 Å². The number of nitrogens with one attached hydrogen (secondary N) is 1. The van der Waals surface area contributed by atoms with Gasteiger partial charge in [-0.3, -0.25) is 20.2 Å². The van der Waals surface area contributed by atoms with Crippen molar-refractivity contribution in [3.63, 3.8) is 0 Å². The van der Waals surface area contributed by atoms with Gasteiger partial charge in [-0.15, -0.1) is 0 Å². The first kappa shape index (κ1) is 18.7. The summed E-state index contributed by atoms with van der Waals surface area (Å²) in [6, 6.07) is 2.06. The number of pyridine rings is 1. The van der Waals surface area contributed by atoms with Crippen LogP contribution in [-0.4, -0.2) is 14.8 Å². The van der Waals surface area contributed by atoms with Crippen molar-refractivity contribution in [1.29, 1.82) is 0 Å². The first-order valence-electron chi connectivity index (χ1n) is 6.12. The third kappa shape index (κ3) is 4.06. The summed E-state index contributed by atoms with van der Waals surface area (Å²) in [5, 5.41) is 23.3. The fourth-order valence-corrected chi connectivity index (χ4v) is 2.22. The van der Waals surface area contributed by atoms with E-state index >= 15 is 0 Å². The highest BCUT2D eigenvalue weighted by atomic mass is 35.5. The Hall–Kier alpha value is -2.66. The fraction of sp³-hybridized carbons (Fsp3) is 0.0833. The third-order valence-corrected chi connectivity index (χ3v) is 3.46. The number of benzene rings is 1. The zero-order valence-corrected chi connectivity index (χ0v) is 13.2. The second-order valence-corrected chi connectivity index (χ2v) is 5.33. The number of nitrogens with zero attached hydrogens (tertiary/aromatic N) is 3. The Bertz CT molecular complexity index is 876. The van der Waals surface area contributed by atoms with Crippen molar-refractivity contribution >= 4 is 46.1 Å². The standard InChI is InChI=1S/C12H5Cl2F3N4O4/c13-7-2-6(20(22)23)3-9(21(24)25)10(7)19-11-8(14)1-5(4-18-11)12(15,16)17/h1-4H,(H,18,19). The second-order valence-electron chi connectivity index (χ2n) is 4.51. The molecule has 0 fully saturated rings. The molecule has 0 atom stereocenters. The average Bonchev–Trinajstić information content (AvgIpc) is 2.49. The molecule has 0 unspecified atom stereocenters. The van der Waals surface area contributed by atoms with Crippen molar-refractivity contribution in [2.24, 2.45) is 0 Å². The van der Waals surface area contributed by atoms with Crippen LogP contribution in [0.4, 0.5) is 36.1 Å². The van der Waals surface area contributed by atoms with Crippen molar-refractivity contribution in [2.75, 3.05) is 5.32 Å². The van der Waals surface area contributed by atoms with E-state index in [1.54, 1.807) is 0 Å². The molecule has 25 heavy (non-hydrogen) atoms. The molecule has 13 heteroatoms. The van der Waals surface area contributed by atoms with Gasteiger partial charge in [0.15, 0.2) is 0 Å². The quantitative estimate of drug-likeness (QED) is 0.576. The topological polar surface area (TPSA) is 111 Å². The molecule has 0 spiro atoms. The van der Waals surface area contributed by atoms with Gasteiger partial charge in [0, 0.05) is 12.3 Å². The van der Waals surface area contributed by atoms with Crippen LogP contribution in [0, 0.1) is 20.2 Å². The minimum atomic E-state index is -4.67. The molecule has 1 heterocycles. The Labute approximate surface area is 146 Å². The zero-order chi connectivity index (χ0) is 18.9. The van der Waals surface area contributed by atoms with Gasteiger partial charge in [-0.2, -0.15) is 13.2 Å². The molecule has 0 amide bonds. The number of anilines is 2. The molecule has 8 nitrogen and oxygen atoms in total. The number of rotatable bonds is 4. The van der Waals surface area contributed by atoms with Crippen LogP contribution in [0.1, 0.15) is 5.56 Å². The number of non-ortho nitro benzene ring substituents is 1. The van der Waals surface area contributed by atoms with Gasteiger partial charge >= 0.3 is 11.9 Å². The number of alkyl halides is 3. The van der Waals surface area contributed by atoms with Crippen molar-refractivity contribution in [3.05, 3.63) is 60.2 Å². The Morgan fingerprint density at radius 2 is 1.68 bits per heavy atom. The van der Waals surface area contributed by atoms with Crippen LogP contribution in [-0.2, 0) is 6.18 Å². The Morgan fingerprint density at radius 3 is 2.16 bits per heavy atom. The van der Waals surface area contributed by atoms with Crippen LogP contribution in [0.25, 0.3) is 0 Å². The van der Waals surface area contributed by atoms with E-state index in [0.29, 0.717) is 18.3 Å². The highest BCUT2D eigenvalue weighted by Gasteiger charge is 2.32. The van der Waals surface area contributed by atoms with Crippen molar-refractivity contribution in [3.8, 4) is 0 Å². The molecule has 0 radical (unpaired) electrons. The molecule has 2 rings (SSSR count). The molecule has 0 bridgehead atoms. The molecule has 0 aliphatic heterocycles. The maximum absolute atomic E-state index is 12.6. The Kier molecular flexibility index (Phi) is 4.99. The molecule has 1 aromatic carbocycles. The molecule has 1 N–H and O–H groups in total. The molecule has 0 saturated heterocycles. The minimum Gasteiger partial charge on any atom is -0.332 e. The summed E-state index contributed by atoms with van der Waals surface area (Å²) in [6.07, 6.45) is -4.20. The maximum atomic E-state index is 12.6. The summed E-state index contributed by atoms with van der Waals surface area (Å²) in [5.74, 6) is -0.339. The van der Waals surface area contributed by atoms with Crippen LogP contribution >= 0.6 is 23.2 Å². The van der Waals surface area contributed by atoms with Gasteiger partial charge in [-0.1, -0.05) is 23.2 Å². The lowest BCUT2D eigenvalue weighted by molar-refractivity contribution is -0.393. The average molecular weight is 397 g/mol. The number of aromatic nitrogens is 1. The first-order chi connectivity index (χ1) is 11.5. The maximum Gasteiger partial charge on any atom is 0.417 e. The van der Waals surface area contributed by atoms with Gasteiger partial charge in [0.05, 0.1) is 31.5 Å². The number of nitro groups is 2. The number of nitro benzene ring substituents is 2. The van der Waals surface area contributed by atoms with Crippen LogP contribution in [0.2, 0.25) is 10.0 Å². The number of hydrogen-bond donors (Lipinski definition) is 1. The largest absolute Gasteiger partial charge is 0.417 e. The van der Waals surface area contributed by atoms with Crippen LogP contribution in [0.3, 0.4) is 0 Å². The van der Waals surface area contributed by atoms with Crippen LogP contribution < -0.4 is 5.32 Å². The molecule has 132 valence electrons. The predicted octanol–water partition coefficient (Wildman–Crippen LogP) is 4.97. The van der Waals surface area contributed by atoms with Gasteiger partial charge in [0.25, 0.3) is 5.69 Å². The lowest BCUT2D eigenvalue weighted by atomic mass is 10.2. The van der Waals surface area contributed by atoms with Gasteiger partial charge < -0.3 is 5.32 Å². The summed E-state index contributed by atoms with van der Waals surface area (Å²) in [6.45, 7) is 0. The van der Waals surface area contributed by atoms with E-state index in [1.165, 1.54) is 0 Å². The number of halogens is 5. The molecule has 0 saturated carbocycles. The molecular weight excluding hydrogens is 392 g/mol. The first-order valence-corrected chi connectivity index (χ1v) is 6.88. The number of hydrogen-bond acceptors (Lipinski definition) is 6. The lowest BCUT2D eigenvalue weighted by Crippen LogP contribution is -2.07. The highest BCUT2D eigenvalue weighted by molar-refractivity contribution is 6.35.